The number of Topliss-reactive ketones (excluding diaryl/α,β-unsaturated/α-hetero) is 2. The molecule has 5 aliphatic rings. The van der Waals surface area contributed by atoms with Crippen LogP contribution in [-0.2, 0) is 9.59 Å². The molecule has 5 fully saturated rings. The minimum Gasteiger partial charge on any atom is -0.299 e. The van der Waals surface area contributed by atoms with Gasteiger partial charge in [-0.25, -0.2) is 0 Å². The highest BCUT2D eigenvalue weighted by Gasteiger charge is 3.11. The molecule has 8 heteroatoms. The van der Waals surface area contributed by atoms with Crippen molar-refractivity contribution < 1.29 is 9.59 Å². The topological polar surface area (TPSA) is 34.1 Å². The van der Waals surface area contributed by atoms with E-state index in [9.17, 15) is 9.59 Å². The largest absolute Gasteiger partial charge is 0.299 e. The van der Waals surface area contributed by atoms with Crippen LogP contribution in [0, 0.1) is 23.7 Å². The number of halogens is 6. The Morgan fingerprint density at radius 2 is 0.842 bits per heavy atom. The molecule has 0 N–H and O–H groups in total. The number of carbonyl (C=O) groups is 2. The van der Waals surface area contributed by atoms with Crippen LogP contribution in [0.3, 0.4) is 0 Å². The minimum absolute atomic E-state index is 0.165. The van der Waals surface area contributed by atoms with Crippen molar-refractivity contribution in [2.75, 3.05) is 0 Å². The molecule has 2 bridgehead atoms. The van der Waals surface area contributed by atoms with E-state index >= 15 is 0 Å². The van der Waals surface area contributed by atoms with Crippen LogP contribution in [0.4, 0.5) is 0 Å². The summed E-state index contributed by atoms with van der Waals surface area (Å²) >= 11 is 39.4. The van der Waals surface area contributed by atoms with Crippen molar-refractivity contribution in [3.05, 3.63) is 0 Å². The summed E-state index contributed by atoms with van der Waals surface area (Å²) in [5.74, 6) is -3.41. The van der Waals surface area contributed by atoms with Crippen LogP contribution in [-0.4, -0.2) is 35.4 Å². The van der Waals surface area contributed by atoms with Crippen LogP contribution in [0.2, 0.25) is 0 Å². The SMILES string of the molecule is O=C1[C@@H]2[C@@H]3C(=O)[C@@H]4[C@H]1[C@@]1(Cl)[C@@]4(Cl)[C@]3(Cl)C(Cl)(Cl)[C@@]21Cl. The molecule has 5 aliphatic carbocycles. The van der Waals surface area contributed by atoms with Crippen molar-refractivity contribution in [3.63, 3.8) is 0 Å². The van der Waals surface area contributed by atoms with Crippen LogP contribution < -0.4 is 0 Å². The average molecular weight is 381 g/mol. The predicted molar refractivity (Wildman–Crippen MR) is 72.7 cm³/mol. The molecule has 0 amide bonds. The fourth-order valence-corrected chi connectivity index (χ4v) is 9.87. The van der Waals surface area contributed by atoms with Gasteiger partial charge in [0, 0.05) is 0 Å². The Morgan fingerprint density at radius 1 is 0.579 bits per heavy atom. The average Bonchev–Trinajstić information content (AvgIpc) is 2.57. The van der Waals surface area contributed by atoms with E-state index in [0.29, 0.717) is 0 Å². The summed E-state index contributed by atoms with van der Waals surface area (Å²) in [6.07, 6.45) is 0. The van der Waals surface area contributed by atoms with Crippen molar-refractivity contribution in [3.8, 4) is 0 Å². The zero-order chi connectivity index (χ0) is 14.0. The summed E-state index contributed by atoms with van der Waals surface area (Å²) in [6, 6.07) is 0. The molecule has 8 atom stereocenters. The Bertz CT molecular complexity index is 583. The van der Waals surface area contributed by atoms with Gasteiger partial charge in [-0.05, 0) is 0 Å². The second-order valence-electron chi connectivity index (χ2n) is 6.14. The Balaban J connectivity index is 2.03. The third kappa shape index (κ3) is 0.629. The number of hydrogen-bond donors (Lipinski definition) is 0. The maximum absolute atomic E-state index is 12.5. The zero-order valence-electron chi connectivity index (χ0n) is 8.89. The van der Waals surface area contributed by atoms with Gasteiger partial charge in [-0.2, -0.15) is 0 Å². The first-order valence-corrected chi connectivity index (χ1v) is 8.04. The fraction of sp³-hybridized carbons (Fsp3) is 0.818. The number of ketones is 2. The summed E-state index contributed by atoms with van der Waals surface area (Å²) in [7, 11) is 0. The highest BCUT2D eigenvalue weighted by atomic mass is 35.5. The lowest BCUT2D eigenvalue weighted by atomic mass is 9.57. The smallest absolute Gasteiger partial charge is 0.161 e. The number of hydrogen-bond acceptors (Lipinski definition) is 2. The van der Waals surface area contributed by atoms with Crippen LogP contribution in [0.25, 0.3) is 0 Å². The van der Waals surface area contributed by atoms with Gasteiger partial charge < -0.3 is 0 Å². The number of fused-ring (bicyclic) bond motifs is 2. The molecule has 0 aromatic carbocycles. The third-order valence-electron chi connectivity index (χ3n) is 6.11. The molecule has 102 valence electrons. The summed E-state index contributed by atoms with van der Waals surface area (Å²) < 4.78 is -1.72. The van der Waals surface area contributed by atoms with E-state index in [2.05, 4.69) is 0 Å². The molecule has 0 aromatic heterocycles. The van der Waals surface area contributed by atoms with E-state index < -0.39 is 47.5 Å². The first kappa shape index (κ1) is 12.6. The maximum atomic E-state index is 12.5. The normalized spacial score (nSPS) is 73.2. The fourth-order valence-electron chi connectivity index (χ4n) is 5.65. The molecule has 2 nitrogen and oxygen atoms in total. The quantitative estimate of drug-likeness (QED) is 0.605. The molecular formula is C11H4Cl6O2. The Morgan fingerprint density at radius 3 is 1.16 bits per heavy atom. The lowest BCUT2D eigenvalue weighted by molar-refractivity contribution is -0.143. The molecule has 0 saturated heterocycles. The molecule has 0 radical (unpaired) electrons. The first-order chi connectivity index (χ1) is 8.56. The molecule has 19 heavy (non-hydrogen) atoms. The number of carbonyl (C=O) groups excluding carboxylic acids is 2. The minimum atomic E-state index is -1.72. The molecule has 0 unspecified atom stereocenters. The van der Waals surface area contributed by atoms with E-state index in [1.807, 2.05) is 0 Å². The molecule has 0 heterocycles. The molecule has 0 aliphatic heterocycles. The van der Waals surface area contributed by atoms with E-state index in [1.165, 1.54) is 0 Å². The summed E-state index contributed by atoms with van der Waals surface area (Å²) in [6.45, 7) is 0. The highest BCUT2D eigenvalue weighted by molar-refractivity contribution is 6.68. The molecular weight excluding hydrogens is 377 g/mol. The Hall–Kier alpha value is 1.08. The molecule has 0 aromatic rings. The van der Waals surface area contributed by atoms with Gasteiger partial charge in [-0.1, -0.05) is 23.2 Å². The Kier molecular flexibility index (Phi) is 1.72. The molecule has 5 saturated carbocycles. The van der Waals surface area contributed by atoms with Crippen molar-refractivity contribution >= 4 is 81.2 Å². The second kappa shape index (κ2) is 2.59. The van der Waals surface area contributed by atoms with Crippen LogP contribution >= 0.6 is 69.6 Å². The van der Waals surface area contributed by atoms with Crippen molar-refractivity contribution in [2.45, 2.75) is 23.8 Å². The first-order valence-electron chi connectivity index (χ1n) is 5.77. The lowest BCUT2D eigenvalue weighted by Crippen LogP contribution is -2.73. The third-order valence-corrected chi connectivity index (χ3v) is 11.3. The summed E-state index contributed by atoms with van der Waals surface area (Å²) in [5.41, 5.74) is 0. The van der Waals surface area contributed by atoms with E-state index in [-0.39, 0.29) is 11.6 Å². The maximum Gasteiger partial charge on any atom is 0.161 e. The van der Waals surface area contributed by atoms with Crippen molar-refractivity contribution in [1.82, 2.24) is 0 Å². The van der Waals surface area contributed by atoms with Gasteiger partial charge in [0.2, 0.25) is 0 Å². The van der Waals surface area contributed by atoms with E-state index in [4.69, 9.17) is 69.6 Å². The van der Waals surface area contributed by atoms with Gasteiger partial charge in [-0.3, -0.25) is 9.59 Å². The van der Waals surface area contributed by atoms with Crippen LogP contribution in [0.15, 0.2) is 0 Å². The lowest BCUT2D eigenvalue weighted by Gasteiger charge is -2.58. The van der Waals surface area contributed by atoms with Crippen LogP contribution in [0.1, 0.15) is 0 Å². The highest BCUT2D eigenvalue weighted by Crippen LogP contribution is 2.96. The van der Waals surface area contributed by atoms with Gasteiger partial charge in [0.05, 0.1) is 33.4 Å². The number of rotatable bonds is 0. The van der Waals surface area contributed by atoms with Crippen LogP contribution in [0.5, 0.6) is 0 Å². The van der Waals surface area contributed by atoms with Gasteiger partial charge in [0.25, 0.3) is 0 Å². The monoisotopic (exact) mass is 378 g/mol. The summed E-state index contributed by atoms with van der Waals surface area (Å²) in [4.78, 5) is 19.3. The second-order valence-corrected chi connectivity index (χ2v) is 9.85. The zero-order valence-corrected chi connectivity index (χ0v) is 13.4. The molecule has 5 rings (SSSR count). The van der Waals surface area contributed by atoms with Gasteiger partial charge in [0.15, 0.2) is 4.33 Å². The Labute approximate surface area is 138 Å². The van der Waals surface area contributed by atoms with Crippen molar-refractivity contribution in [2.24, 2.45) is 23.7 Å². The van der Waals surface area contributed by atoms with Gasteiger partial charge >= 0.3 is 0 Å². The summed E-state index contributed by atoms with van der Waals surface area (Å²) in [5, 5.41) is 0. The predicted octanol–water partition coefficient (Wildman–Crippen LogP) is 2.74. The van der Waals surface area contributed by atoms with E-state index in [0.717, 1.165) is 0 Å². The molecule has 0 spiro atoms. The van der Waals surface area contributed by atoms with Gasteiger partial charge in [-0.15, -0.1) is 46.4 Å². The number of alkyl halides is 6. The van der Waals surface area contributed by atoms with Crippen molar-refractivity contribution in [1.29, 1.82) is 0 Å². The standard InChI is InChI=1S/C11H4Cl6O2/c12-7-1-2-6(19)4-3(5(1)18)9(7,14)11(16,17)10(4,15)8(2,7)13/h1-4H/t1-,2+,3+,4-,7-,8-,9-,10+/m1/s1. The van der Waals surface area contributed by atoms with E-state index in [1.54, 1.807) is 0 Å². The van der Waals surface area contributed by atoms with Gasteiger partial charge in [0.1, 0.15) is 21.3 Å².